The molecule has 3 rings (SSSR count). The first-order chi connectivity index (χ1) is 10.2. The summed E-state index contributed by atoms with van der Waals surface area (Å²) in [6.07, 6.45) is 0.441. The lowest BCUT2D eigenvalue weighted by Crippen LogP contribution is -2.36. The van der Waals surface area contributed by atoms with E-state index < -0.39 is 0 Å². The summed E-state index contributed by atoms with van der Waals surface area (Å²) in [5.74, 6) is 0.327. The molecule has 2 aliphatic rings. The van der Waals surface area contributed by atoms with Crippen molar-refractivity contribution in [1.29, 1.82) is 0 Å². The standard InChI is InChI=1S/C15H18ClFN2O2/c16-9-11-7-15(20)19(10-11)12-1-2-14(13(17)8-12)18-3-5-21-6-4-18/h1-2,8,11H,3-7,9-10H2. The monoisotopic (exact) mass is 312 g/mol. The number of anilines is 2. The smallest absolute Gasteiger partial charge is 0.227 e. The van der Waals surface area contributed by atoms with Gasteiger partial charge in [0.2, 0.25) is 5.91 Å². The predicted octanol–water partition coefficient (Wildman–Crippen LogP) is 2.25. The van der Waals surface area contributed by atoms with Gasteiger partial charge in [-0.1, -0.05) is 0 Å². The number of carbonyl (C=O) groups excluding carboxylic acids is 1. The van der Waals surface area contributed by atoms with Crippen LogP contribution < -0.4 is 9.80 Å². The molecular weight excluding hydrogens is 295 g/mol. The van der Waals surface area contributed by atoms with Crippen molar-refractivity contribution in [3.05, 3.63) is 24.0 Å². The van der Waals surface area contributed by atoms with Crippen molar-refractivity contribution in [1.82, 2.24) is 0 Å². The molecule has 1 aromatic rings. The molecular formula is C15H18ClFN2O2. The Bertz CT molecular complexity index is 534. The molecule has 0 saturated carbocycles. The highest BCUT2D eigenvalue weighted by Crippen LogP contribution is 2.30. The molecule has 114 valence electrons. The summed E-state index contributed by atoms with van der Waals surface area (Å²) in [5, 5.41) is 0. The molecule has 2 heterocycles. The first-order valence-electron chi connectivity index (χ1n) is 7.17. The summed E-state index contributed by atoms with van der Waals surface area (Å²) in [4.78, 5) is 15.6. The van der Waals surface area contributed by atoms with Crippen LogP contribution in [0.5, 0.6) is 0 Å². The van der Waals surface area contributed by atoms with Crippen LogP contribution in [0.15, 0.2) is 18.2 Å². The summed E-state index contributed by atoms with van der Waals surface area (Å²) >= 11 is 5.81. The van der Waals surface area contributed by atoms with Crippen molar-refractivity contribution in [2.45, 2.75) is 6.42 Å². The average Bonchev–Trinajstić information content (AvgIpc) is 2.89. The summed E-state index contributed by atoms with van der Waals surface area (Å²) in [7, 11) is 0. The number of alkyl halides is 1. The Kier molecular flexibility index (Phi) is 4.31. The lowest BCUT2D eigenvalue weighted by atomic mass is 10.1. The number of ether oxygens (including phenoxy) is 1. The predicted molar refractivity (Wildman–Crippen MR) is 80.6 cm³/mol. The first kappa shape index (κ1) is 14.6. The highest BCUT2D eigenvalue weighted by atomic mass is 35.5. The second-order valence-electron chi connectivity index (χ2n) is 5.46. The molecule has 2 saturated heterocycles. The highest BCUT2D eigenvalue weighted by molar-refractivity contribution is 6.18. The van der Waals surface area contributed by atoms with Crippen LogP contribution >= 0.6 is 11.6 Å². The third-order valence-corrected chi connectivity index (χ3v) is 4.45. The SMILES string of the molecule is O=C1CC(CCl)CN1c1ccc(N2CCOCC2)c(F)c1. The maximum atomic E-state index is 14.3. The van der Waals surface area contributed by atoms with Crippen LogP contribution in [0.1, 0.15) is 6.42 Å². The van der Waals surface area contributed by atoms with Crippen molar-refractivity contribution in [2.24, 2.45) is 5.92 Å². The van der Waals surface area contributed by atoms with Crippen molar-refractivity contribution in [3.63, 3.8) is 0 Å². The number of amides is 1. The number of benzene rings is 1. The molecule has 0 aliphatic carbocycles. The Morgan fingerprint density at radius 2 is 2.10 bits per heavy atom. The number of carbonyl (C=O) groups is 1. The highest BCUT2D eigenvalue weighted by Gasteiger charge is 2.30. The molecule has 4 nitrogen and oxygen atoms in total. The van der Waals surface area contributed by atoms with Gasteiger partial charge in [-0.15, -0.1) is 11.6 Å². The Balaban J connectivity index is 1.79. The van der Waals surface area contributed by atoms with E-state index in [0.717, 1.165) is 0 Å². The van der Waals surface area contributed by atoms with E-state index in [1.165, 1.54) is 6.07 Å². The number of morpholine rings is 1. The van der Waals surface area contributed by atoms with E-state index >= 15 is 0 Å². The van der Waals surface area contributed by atoms with Crippen molar-refractivity contribution in [2.75, 3.05) is 48.5 Å². The molecule has 0 bridgehead atoms. The zero-order valence-corrected chi connectivity index (χ0v) is 12.5. The molecule has 1 unspecified atom stereocenters. The van der Waals surface area contributed by atoms with Crippen LogP contribution in [-0.2, 0) is 9.53 Å². The van der Waals surface area contributed by atoms with Crippen molar-refractivity contribution >= 4 is 28.9 Å². The zero-order valence-electron chi connectivity index (χ0n) is 11.7. The number of hydrogen-bond donors (Lipinski definition) is 0. The molecule has 0 N–H and O–H groups in total. The van der Waals surface area contributed by atoms with Crippen molar-refractivity contribution < 1.29 is 13.9 Å². The Hall–Kier alpha value is -1.33. The van der Waals surface area contributed by atoms with Gasteiger partial charge in [-0.2, -0.15) is 0 Å². The Morgan fingerprint density at radius 1 is 1.33 bits per heavy atom. The molecule has 6 heteroatoms. The van der Waals surface area contributed by atoms with Crippen molar-refractivity contribution in [3.8, 4) is 0 Å². The van der Waals surface area contributed by atoms with E-state index in [1.807, 2.05) is 11.0 Å². The molecule has 1 atom stereocenters. The molecule has 2 fully saturated rings. The van der Waals surface area contributed by atoms with E-state index in [-0.39, 0.29) is 17.6 Å². The van der Waals surface area contributed by atoms with Gasteiger partial charge in [0, 0.05) is 37.6 Å². The largest absolute Gasteiger partial charge is 0.378 e. The van der Waals surface area contributed by atoms with Crippen LogP contribution in [0.2, 0.25) is 0 Å². The molecule has 1 amide bonds. The van der Waals surface area contributed by atoms with Gasteiger partial charge < -0.3 is 14.5 Å². The van der Waals surface area contributed by atoms with E-state index in [1.54, 1.807) is 11.0 Å². The third kappa shape index (κ3) is 2.99. The fourth-order valence-electron chi connectivity index (χ4n) is 2.86. The minimum Gasteiger partial charge on any atom is -0.378 e. The maximum Gasteiger partial charge on any atom is 0.227 e. The number of nitrogens with zero attached hydrogens (tertiary/aromatic N) is 2. The second kappa shape index (κ2) is 6.20. The average molecular weight is 313 g/mol. The molecule has 0 spiro atoms. The van der Waals surface area contributed by atoms with Crippen LogP contribution in [0.3, 0.4) is 0 Å². The number of hydrogen-bond acceptors (Lipinski definition) is 3. The minimum atomic E-state index is -0.295. The van der Waals surface area contributed by atoms with E-state index in [4.69, 9.17) is 16.3 Å². The summed E-state index contributed by atoms with van der Waals surface area (Å²) in [6, 6.07) is 5.00. The van der Waals surface area contributed by atoms with Gasteiger partial charge in [0.25, 0.3) is 0 Å². The van der Waals surface area contributed by atoms with Gasteiger partial charge >= 0.3 is 0 Å². The molecule has 2 aliphatic heterocycles. The quantitative estimate of drug-likeness (QED) is 0.803. The molecule has 21 heavy (non-hydrogen) atoms. The van der Waals surface area contributed by atoms with Crippen LogP contribution in [0, 0.1) is 11.7 Å². The normalized spacial score (nSPS) is 23.0. The maximum absolute atomic E-state index is 14.3. The number of rotatable bonds is 3. The lowest BCUT2D eigenvalue weighted by Gasteiger charge is -2.29. The van der Waals surface area contributed by atoms with E-state index in [2.05, 4.69) is 0 Å². The molecule has 0 radical (unpaired) electrons. The summed E-state index contributed by atoms with van der Waals surface area (Å²) in [5.41, 5.74) is 1.18. The van der Waals surface area contributed by atoms with Gasteiger partial charge in [0.15, 0.2) is 0 Å². The summed E-state index contributed by atoms with van der Waals surface area (Å²) in [6.45, 7) is 3.17. The van der Waals surface area contributed by atoms with Gasteiger partial charge in [0.1, 0.15) is 5.82 Å². The second-order valence-corrected chi connectivity index (χ2v) is 5.77. The molecule has 0 aromatic heterocycles. The minimum absolute atomic E-state index is 0.0131. The third-order valence-electron chi connectivity index (χ3n) is 4.02. The van der Waals surface area contributed by atoms with Gasteiger partial charge in [-0.05, 0) is 24.1 Å². The number of halogens is 2. The first-order valence-corrected chi connectivity index (χ1v) is 7.71. The fourth-order valence-corrected chi connectivity index (χ4v) is 3.07. The molecule has 1 aromatic carbocycles. The van der Waals surface area contributed by atoms with E-state index in [0.29, 0.717) is 56.5 Å². The van der Waals surface area contributed by atoms with Gasteiger partial charge in [0.05, 0.1) is 18.9 Å². The fraction of sp³-hybridized carbons (Fsp3) is 0.533. The van der Waals surface area contributed by atoms with Crippen LogP contribution in [0.25, 0.3) is 0 Å². The zero-order chi connectivity index (χ0) is 14.8. The van der Waals surface area contributed by atoms with Gasteiger partial charge in [-0.3, -0.25) is 4.79 Å². The van der Waals surface area contributed by atoms with Gasteiger partial charge in [-0.25, -0.2) is 4.39 Å². The van der Waals surface area contributed by atoms with E-state index in [9.17, 15) is 9.18 Å². The summed E-state index contributed by atoms with van der Waals surface area (Å²) < 4.78 is 19.6. The van der Waals surface area contributed by atoms with Crippen LogP contribution in [0.4, 0.5) is 15.8 Å². The lowest BCUT2D eigenvalue weighted by molar-refractivity contribution is -0.117. The van der Waals surface area contributed by atoms with Crippen LogP contribution in [-0.4, -0.2) is 44.6 Å². The Morgan fingerprint density at radius 3 is 2.71 bits per heavy atom. The Labute approximate surface area is 128 Å². The topological polar surface area (TPSA) is 32.8 Å².